The van der Waals surface area contributed by atoms with E-state index in [9.17, 15) is 4.79 Å². The molecule has 0 aliphatic carbocycles. The third-order valence-electron chi connectivity index (χ3n) is 3.10. The third-order valence-corrected chi connectivity index (χ3v) is 3.10. The average molecular weight is 290 g/mol. The van der Waals surface area contributed by atoms with E-state index in [0.717, 1.165) is 5.69 Å². The van der Waals surface area contributed by atoms with Crippen LogP contribution in [0.5, 0.6) is 17.2 Å². The maximum Gasteiger partial charge on any atom is 0.203 e. The maximum absolute atomic E-state index is 12.4. The molecule has 0 atom stereocenters. The van der Waals surface area contributed by atoms with Gasteiger partial charge in [0, 0.05) is 18.8 Å². The van der Waals surface area contributed by atoms with Gasteiger partial charge in [0.15, 0.2) is 17.3 Å². The Morgan fingerprint density at radius 2 is 1.76 bits per heavy atom. The van der Waals surface area contributed by atoms with E-state index in [0.29, 0.717) is 22.8 Å². The monoisotopic (exact) mass is 290 g/mol. The van der Waals surface area contributed by atoms with E-state index in [-0.39, 0.29) is 12.2 Å². The lowest BCUT2D eigenvalue weighted by Crippen LogP contribution is -2.06. The van der Waals surface area contributed by atoms with Crippen LogP contribution >= 0.6 is 0 Å². The fraction of sp³-hybridized carbons (Fsp3) is 0.333. The van der Waals surface area contributed by atoms with Gasteiger partial charge >= 0.3 is 0 Å². The molecule has 0 aliphatic heterocycles. The quantitative estimate of drug-likeness (QED) is 0.760. The molecule has 6 nitrogen and oxygen atoms in total. The number of carbonyl (C=O) groups is 1. The SMILES string of the molecule is COc1cc(C(=O)Cc2ccn(C)n2)cc(OC)c1OC. The lowest BCUT2D eigenvalue weighted by Gasteiger charge is -2.13. The smallest absolute Gasteiger partial charge is 0.203 e. The molecule has 0 saturated heterocycles. The Labute approximate surface area is 123 Å². The van der Waals surface area contributed by atoms with Crippen molar-refractivity contribution in [2.45, 2.75) is 6.42 Å². The Morgan fingerprint density at radius 1 is 1.14 bits per heavy atom. The summed E-state index contributed by atoms with van der Waals surface area (Å²) in [5.41, 5.74) is 1.21. The molecular weight excluding hydrogens is 272 g/mol. The van der Waals surface area contributed by atoms with Gasteiger partial charge in [-0.25, -0.2) is 0 Å². The van der Waals surface area contributed by atoms with Gasteiger partial charge in [0.2, 0.25) is 5.75 Å². The van der Waals surface area contributed by atoms with Crippen LogP contribution < -0.4 is 14.2 Å². The molecule has 21 heavy (non-hydrogen) atoms. The predicted molar refractivity (Wildman–Crippen MR) is 77.3 cm³/mol. The first-order valence-electron chi connectivity index (χ1n) is 6.40. The first kappa shape index (κ1) is 14.9. The van der Waals surface area contributed by atoms with E-state index in [1.54, 1.807) is 23.0 Å². The molecule has 6 heteroatoms. The minimum absolute atomic E-state index is 0.0621. The summed E-state index contributed by atoms with van der Waals surface area (Å²) < 4.78 is 17.4. The molecule has 0 saturated carbocycles. The highest BCUT2D eigenvalue weighted by molar-refractivity contribution is 5.98. The fourth-order valence-corrected chi connectivity index (χ4v) is 2.07. The number of rotatable bonds is 6. The Morgan fingerprint density at radius 3 is 2.19 bits per heavy atom. The second-order valence-electron chi connectivity index (χ2n) is 4.49. The van der Waals surface area contributed by atoms with Crippen LogP contribution in [0.25, 0.3) is 0 Å². The molecule has 1 aromatic carbocycles. The summed E-state index contributed by atoms with van der Waals surface area (Å²) in [5, 5.41) is 4.20. The number of ether oxygens (including phenoxy) is 3. The van der Waals surface area contributed by atoms with Gasteiger partial charge in [-0.15, -0.1) is 0 Å². The molecule has 0 spiro atoms. The fourth-order valence-electron chi connectivity index (χ4n) is 2.07. The summed E-state index contributed by atoms with van der Waals surface area (Å²) in [6.45, 7) is 0. The summed E-state index contributed by atoms with van der Waals surface area (Å²) in [6.07, 6.45) is 2.03. The van der Waals surface area contributed by atoms with E-state index >= 15 is 0 Å². The number of aryl methyl sites for hydroxylation is 1. The zero-order valence-corrected chi connectivity index (χ0v) is 12.5. The van der Waals surface area contributed by atoms with E-state index in [4.69, 9.17) is 14.2 Å². The van der Waals surface area contributed by atoms with E-state index in [1.807, 2.05) is 13.1 Å². The number of hydrogen-bond donors (Lipinski definition) is 0. The molecule has 1 aromatic heterocycles. The van der Waals surface area contributed by atoms with E-state index < -0.39 is 0 Å². The van der Waals surface area contributed by atoms with Crippen molar-refractivity contribution in [1.29, 1.82) is 0 Å². The first-order chi connectivity index (χ1) is 10.1. The third kappa shape index (κ3) is 3.16. The number of aromatic nitrogens is 2. The van der Waals surface area contributed by atoms with Gasteiger partial charge in [0.05, 0.1) is 33.4 Å². The highest BCUT2D eigenvalue weighted by Gasteiger charge is 2.17. The summed E-state index contributed by atoms with van der Waals surface area (Å²) in [4.78, 5) is 12.4. The van der Waals surface area contributed by atoms with Crippen molar-refractivity contribution >= 4 is 5.78 Å². The van der Waals surface area contributed by atoms with Crippen molar-refractivity contribution in [3.63, 3.8) is 0 Å². The average Bonchev–Trinajstić information content (AvgIpc) is 2.90. The largest absolute Gasteiger partial charge is 0.493 e. The minimum Gasteiger partial charge on any atom is -0.493 e. The highest BCUT2D eigenvalue weighted by atomic mass is 16.5. The molecular formula is C15H18N2O4. The molecule has 0 fully saturated rings. The van der Waals surface area contributed by atoms with Crippen LogP contribution in [0.2, 0.25) is 0 Å². The Kier molecular flexibility index (Phi) is 4.47. The van der Waals surface area contributed by atoms with Gasteiger partial charge in [-0.3, -0.25) is 9.48 Å². The molecule has 0 unspecified atom stereocenters. The Hall–Kier alpha value is -2.50. The number of hydrogen-bond acceptors (Lipinski definition) is 5. The van der Waals surface area contributed by atoms with Crippen molar-refractivity contribution in [1.82, 2.24) is 9.78 Å². The summed E-state index contributed by atoms with van der Waals surface area (Å²) in [6, 6.07) is 5.11. The summed E-state index contributed by atoms with van der Waals surface area (Å²) >= 11 is 0. The number of carbonyl (C=O) groups excluding carboxylic acids is 1. The maximum atomic E-state index is 12.4. The van der Waals surface area contributed by atoms with Crippen LogP contribution in [0.4, 0.5) is 0 Å². The summed E-state index contributed by atoms with van der Waals surface area (Å²) in [7, 11) is 6.37. The van der Waals surface area contributed by atoms with Crippen LogP contribution in [0.3, 0.4) is 0 Å². The molecule has 1 heterocycles. The lowest BCUT2D eigenvalue weighted by molar-refractivity contribution is 0.0991. The van der Waals surface area contributed by atoms with Crippen molar-refractivity contribution in [2.24, 2.45) is 7.05 Å². The van der Waals surface area contributed by atoms with Crippen LogP contribution in [-0.2, 0) is 13.5 Å². The summed E-state index contributed by atoms with van der Waals surface area (Å²) in [5.74, 6) is 1.32. The molecule has 2 aromatic rings. The van der Waals surface area contributed by atoms with E-state index in [1.165, 1.54) is 21.3 Å². The molecule has 0 radical (unpaired) electrons. The highest BCUT2D eigenvalue weighted by Crippen LogP contribution is 2.38. The Bertz CT molecular complexity index is 624. The molecule has 112 valence electrons. The molecule has 0 bridgehead atoms. The first-order valence-corrected chi connectivity index (χ1v) is 6.40. The predicted octanol–water partition coefficient (Wildman–Crippen LogP) is 1.87. The van der Waals surface area contributed by atoms with Crippen LogP contribution in [0.1, 0.15) is 16.1 Å². The van der Waals surface area contributed by atoms with Gasteiger partial charge < -0.3 is 14.2 Å². The van der Waals surface area contributed by atoms with E-state index in [2.05, 4.69) is 5.10 Å². The van der Waals surface area contributed by atoms with Gasteiger partial charge in [-0.1, -0.05) is 0 Å². The zero-order chi connectivity index (χ0) is 15.4. The zero-order valence-electron chi connectivity index (χ0n) is 12.5. The second-order valence-corrected chi connectivity index (χ2v) is 4.49. The standard InChI is InChI=1S/C15H18N2O4/c1-17-6-5-11(16-17)9-12(18)10-7-13(19-2)15(21-4)14(8-10)20-3/h5-8H,9H2,1-4H3. The van der Waals surface area contributed by atoms with Crippen molar-refractivity contribution in [3.8, 4) is 17.2 Å². The number of ketones is 1. The number of benzene rings is 1. The molecule has 0 aliphatic rings. The van der Waals surface area contributed by atoms with Crippen LogP contribution in [0.15, 0.2) is 24.4 Å². The van der Waals surface area contributed by atoms with Gasteiger partial charge in [0.25, 0.3) is 0 Å². The molecule has 0 N–H and O–H groups in total. The topological polar surface area (TPSA) is 62.6 Å². The normalized spacial score (nSPS) is 10.3. The van der Waals surface area contributed by atoms with Crippen LogP contribution in [0, 0.1) is 0 Å². The number of nitrogens with zero attached hydrogens (tertiary/aromatic N) is 2. The van der Waals surface area contributed by atoms with Gasteiger partial charge in [0.1, 0.15) is 0 Å². The number of Topliss-reactive ketones (excluding diaryl/α,β-unsaturated/α-hetero) is 1. The minimum atomic E-state index is -0.0621. The lowest BCUT2D eigenvalue weighted by atomic mass is 10.1. The van der Waals surface area contributed by atoms with Crippen molar-refractivity contribution < 1.29 is 19.0 Å². The molecule has 2 rings (SSSR count). The van der Waals surface area contributed by atoms with Gasteiger partial charge in [-0.05, 0) is 18.2 Å². The number of methoxy groups -OCH3 is 3. The van der Waals surface area contributed by atoms with Crippen molar-refractivity contribution in [3.05, 3.63) is 35.7 Å². The second kappa shape index (κ2) is 6.30. The van der Waals surface area contributed by atoms with Crippen molar-refractivity contribution in [2.75, 3.05) is 21.3 Å². The van der Waals surface area contributed by atoms with Gasteiger partial charge in [-0.2, -0.15) is 5.10 Å². The Balaban J connectivity index is 2.32. The molecule has 0 amide bonds. The van der Waals surface area contributed by atoms with Crippen LogP contribution in [-0.4, -0.2) is 36.9 Å².